The van der Waals surface area contributed by atoms with Crippen molar-refractivity contribution < 1.29 is 17.6 Å². The maximum absolute atomic E-state index is 13.3. The van der Waals surface area contributed by atoms with Crippen LogP contribution in [0.4, 0.5) is 10.1 Å². The first kappa shape index (κ1) is 23.9. The van der Waals surface area contributed by atoms with Crippen LogP contribution in [0.5, 0.6) is 0 Å². The highest BCUT2D eigenvalue weighted by molar-refractivity contribution is 7.92. The molecule has 7 heteroatoms. The molecule has 2 rings (SSSR count). The van der Waals surface area contributed by atoms with Gasteiger partial charge >= 0.3 is 0 Å². The Morgan fingerprint density at radius 1 is 1.07 bits per heavy atom. The minimum Gasteiger partial charge on any atom is -0.348 e. The zero-order valence-electron chi connectivity index (χ0n) is 18.4. The number of hydrogen-bond acceptors (Lipinski definition) is 3. The molecule has 0 fully saturated rings. The average molecular weight is 435 g/mol. The molecule has 2 aromatic carbocycles. The van der Waals surface area contributed by atoms with Gasteiger partial charge in [-0.25, -0.2) is 12.8 Å². The number of rotatable bonds is 7. The van der Waals surface area contributed by atoms with E-state index in [1.165, 1.54) is 29.8 Å². The molecule has 1 amide bonds. The standard InChI is InChI=1S/C23H31FN2O3S/c1-7-21(26(30(6,28)29)20-14-12-19(24)13-15-20)22(27)25-16(2)17-8-10-18(11-9-17)23(3,4)5/h8-16,21H,7H2,1-6H3,(H,25,27)/t16-,21-/m0/s1. The van der Waals surface area contributed by atoms with E-state index in [1.54, 1.807) is 6.92 Å². The summed E-state index contributed by atoms with van der Waals surface area (Å²) in [6.07, 6.45) is 1.31. The maximum Gasteiger partial charge on any atom is 0.244 e. The number of carbonyl (C=O) groups is 1. The summed E-state index contributed by atoms with van der Waals surface area (Å²) in [5.74, 6) is -0.878. The summed E-state index contributed by atoms with van der Waals surface area (Å²) in [5, 5.41) is 2.92. The van der Waals surface area contributed by atoms with Crippen LogP contribution in [0.3, 0.4) is 0 Å². The molecule has 5 nitrogen and oxygen atoms in total. The van der Waals surface area contributed by atoms with Gasteiger partial charge in [0.15, 0.2) is 0 Å². The third kappa shape index (κ3) is 5.81. The van der Waals surface area contributed by atoms with E-state index >= 15 is 0 Å². The van der Waals surface area contributed by atoms with Crippen LogP contribution in [0, 0.1) is 5.82 Å². The fraction of sp³-hybridized carbons (Fsp3) is 0.435. The van der Waals surface area contributed by atoms with Gasteiger partial charge < -0.3 is 5.32 Å². The molecule has 0 aliphatic carbocycles. The van der Waals surface area contributed by atoms with E-state index in [2.05, 4.69) is 26.1 Å². The summed E-state index contributed by atoms with van der Waals surface area (Å²) in [4.78, 5) is 13.0. The van der Waals surface area contributed by atoms with Crippen molar-refractivity contribution in [3.63, 3.8) is 0 Å². The SMILES string of the molecule is CC[C@@H](C(=O)N[C@@H](C)c1ccc(C(C)(C)C)cc1)N(c1ccc(F)cc1)S(C)(=O)=O. The number of nitrogens with one attached hydrogen (secondary N) is 1. The van der Waals surface area contributed by atoms with Gasteiger partial charge in [0.2, 0.25) is 15.9 Å². The lowest BCUT2D eigenvalue weighted by Crippen LogP contribution is -2.49. The van der Waals surface area contributed by atoms with Crippen molar-refractivity contribution in [2.75, 3.05) is 10.6 Å². The molecule has 0 bridgehead atoms. The third-order valence-corrected chi connectivity index (χ3v) is 6.23. The molecule has 0 saturated heterocycles. The Balaban J connectivity index is 2.26. The Hall–Kier alpha value is -2.41. The zero-order valence-corrected chi connectivity index (χ0v) is 19.3. The summed E-state index contributed by atoms with van der Waals surface area (Å²) < 4.78 is 39.3. The van der Waals surface area contributed by atoms with Gasteiger partial charge in [0.05, 0.1) is 18.0 Å². The highest BCUT2D eigenvalue weighted by atomic mass is 32.2. The number of sulfonamides is 1. The molecular formula is C23H31FN2O3S. The fourth-order valence-electron chi connectivity index (χ4n) is 3.31. The van der Waals surface area contributed by atoms with E-state index in [9.17, 15) is 17.6 Å². The Labute approximate surface area is 179 Å². The Morgan fingerprint density at radius 2 is 1.60 bits per heavy atom. The highest BCUT2D eigenvalue weighted by Crippen LogP contribution is 2.25. The van der Waals surface area contributed by atoms with E-state index in [-0.39, 0.29) is 23.6 Å². The van der Waals surface area contributed by atoms with Crippen LogP contribution < -0.4 is 9.62 Å². The van der Waals surface area contributed by atoms with Crippen LogP contribution in [-0.4, -0.2) is 26.6 Å². The Morgan fingerprint density at radius 3 is 2.03 bits per heavy atom. The van der Waals surface area contributed by atoms with E-state index in [0.29, 0.717) is 0 Å². The monoisotopic (exact) mass is 434 g/mol. The summed E-state index contributed by atoms with van der Waals surface area (Å²) in [7, 11) is -3.76. The smallest absolute Gasteiger partial charge is 0.244 e. The molecule has 2 aromatic rings. The first-order chi connectivity index (χ1) is 13.8. The predicted octanol–water partition coefficient (Wildman–Crippen LogP) is 4.55. The predicted molar refractivity (Wildman–Crippen MR) is 120 cm³/mol. The second-order valence-corrected chi connectivity index (χ2v) is 10.4. The average Bonchev–Trinajstić information content (AvgIpc) is 2.65. The molecule has 0 aromatic heterocycles. The molecule has 0 radical (unpaired) electrons. The Bertz CT molecular complexity index is 965. The van der Waals surface area contributed by atoms with E-state index < -0.39 is 27.8 Å². The number of anilines is 1. The van der Waals surface area contributed by atoms with Crippen molar-refractivity contribution in [2.24, 2.45) is 0 Å². The lowest BCUT2D eigenvalue weighted by atomic mass is 9.86. The minimum atomic E-state index is -3.76. The van der Waals surface area contributed by atoms with E-state index in [4.69, 9.17) is 0 Å². The molecule has 0 heterocycles. The number of benzene rings is 2. The van der Waals surface area contributed by atoms with E-state index in [1.807, 2.05) is 31.2 Å². The van der Waals surface area contributed by atoms with Crippen LogP contribution in [0.15, 0.2) is 48.5 Å². The molecule has 1 N–H and O–H groups in total. The van der Waals surface area contributed by atoms with Crippen LogP contribution in [0.1, 0.15) is 58.2 Å². The number of nitrogens with zero attached hydrogens (tertiary/aromatic N) is 1. The first-order valence-electron chi connectivity index (χ1n) is 10.0. The number of hydrogen-bond donors (Lipinski definition) is 1. The van der Waals surface area contributed by atoms with Crippen LogP contribution in [0.25, 0.3) is 0 Å². The van der Waals surface area contributed by atoms with Gasteiger partial charge in [-0.2, -0.15) is 0 Å². The number of halogens is 1. The number of carbonyl (C=O) groups excluding carboxylic acids is 1. The van der Waals surface area contributed by atoms with Gasteiger partial charge in [-0.15, -0.1) is 0 Å². The first-order valence-corrected chi connectivity index (χ1v) is 11.8. The maximum atomic E-state index is 13.3. The summed E-state index contributed by atoms with van der Waals surface area (Å²) in [5.41, 5.74) is 2.40. The van der Waals surface area contributed by atoms with Crippen molar-refractivity contribution in [3.05, 3.63) is 65.5 Å². The van der Waals surface area contributed by atoms with Gasteiger partial charge in [0.25, 0.3) is 0 Å². The quantitative estimate of drug-likeness (QED) is 0.695. The summed E-state index contributed by atoms with van der Waals surface area (Å²) >= 11 is 0. The normalized spacial score (nSPS) is 14.1. The topological polar surface area (TPSA) is 66.5 Å². The molecule has 0 saturated carbocycles. The van der Waals surface area contributed by atoms with Crippen LogP contribution >= 0.6 is 0 Å². The van der Waals surface area contributed by atoms with Gasteiger partial charge in [-0.3, -0.25) is 9.10 Å². The zero-order chi connectivity index (χ0) is 22.7. The van der Waals surface area contributed by atoms with Crippen LogP contribution in [-0.2, 0) is 20.2 Å². The van der Waals surface area contributed by atoms with Gasteiger partial charge in [0, 0.05) is 0 Å². The van der Waals surface area contributed by atoms with Crippen molar-refractivity contribution in [3.8, 4) is 0 Å². The molecule has 30 heavy (non-hydrogen) atoms. The molecule has 0 unspecified atom stereocenters. The van der Waals surface area contributed by atoms with Crippen LogP contribution in [0.2, 0.25) is 0 Å². The lowest BCUT2D eigenvalue weighted by Gasteiger charge is -2.31. The van der Waals surface area contributed by atoms with Crippen molar-refractivity contribution in [2.45, 2.75) is 58.5 Å². The Kier molecular flexibility index (Phi) is 7.29. The van der Waals surface area contributed by atoms with Gasteiger partial charge in [0.1, 0.15) is 11.9 Å². The molecule has 0 aliphatic heterocycles. The summed E-state index contributed by atoms with van der Waals surface area (Å²) in [6.45, 7) is 10.0. The molecule has 0 spiro atoms. The molecule has 164 valence electrons. The second-order valence-electron chi connectivity index (χ2n) is 8.56. The molecule has 0 aliphatic rings. The van der Waals surface area contributed by atoms with Crippen molar-refractivity contribution in [1.29, 1.82) is 0 Å². The number of amides is 1. The minimum absolute atomic E-state index is 0.0312. The summed E-state index contributed by atoms with van der Waals surface area (Å²) in [6, 6.07) is 11.9. The third-order valence-electron chi connectivity index (χ3n) is 5.05. The largest absolute Gasteiger partial charge is 0.348 e. The fourth-order valence-corrected chi connectivity index (χ4v) is 4.52. The second kappa shape index (κ2) is 9.16. The highest BCUT2D eigenvalue weighted by Gasteiger charge is 2.32. The van der Waals surface area contributed by atoms with Gasteiger partial charge in [-0.1, -0.05) is 52.0 Å². The molecule has 2 atom stereocenters. The van der Waals surface area contributed by atoms with E-state index in [0.717, 1.165) is 16.1 Å². The molecular weight excluding hydrogens is 403 g/mol. The van der Waals surface area contributed by atoms with Crippen molar-refractivity contribution in [1.82, 2.24) is 5.32 Å². The van der Waals surface area contributed by atoms with Crippen molar-refractivity contribution >= 4 is 21.6 Å². The lowest BCUT2D eigenvalue weighted by molar-refractivity contribution is -0.122. The van der Waals surface area contributed by atoms with Gasteiger partial charge in [-0.05, 0) is 54.2 Å².